The summed E-state index contributed by atoms with van der Waals surface area (Å²) in [5, 5.41) is 8.52. The molecule has 1 saturated carbocycles. The highest BCUT2D eigenvalue weighted by Crippen LogP contribution is 2.37. The number of hydrogen-bond donors (Lipinski definition) is 2. The number of hydrogen-bond acceptors (Lipinski definition) is 6. The second-order valence-electron chi connectivity index (χ2n) is 9.23. The average Bonchev–Trinajstić information content (AvgIpc) is 3.54. The first-order valence-electron chi connectivity index (χ1n) is 12.0. The van der Waals surface area contributed by atoms with Gasteiger partial charge < -0.3 is 20.2 Å². The van der Waals surface area contributed by atoms with Gasteiger partial charge in [-0.1, -0.05) is 18.1 Å². The minimum absolute atomic E-state index is 0.0908. The zero-order chi connectivity index (χ0) is 25.7. The van der Waals surface area contributed by atoms with Crippen molar-refractivity contribution in [3.63, 3.8) is 0 Å². The Morgan fingerprint density at radius 2 is 2.08 bits per heavy atom. The Balaban J connectivity index is 1.41. The third kappa shape index (κ3) is 3.90. The van der Waals surface area contributed by atoms with Crippen LogP contribution >= 0.6 is 0 Å². The normalized spacial score (nSPS) is 13.9. The summed E-state index contributed by atoms with van der Waals surface area (Å²) in [6.07, 6.45) is 8.46. The van der Waals surface area contributed by atoms with Gasteiger partial charge in [0.2, 0.25) is 0 Å². The molecular weight excluding hydrogens is 468 g/mol. The molecule has 184 valence electrons. The molecule has 1 aromatic carbocycles. The van der Waals surface area contributed by atoms with E-state index < -0.39 is 11.9 Å². The number of nitrogen functional groups attached to an aromatic ring is 1. The predicted molar refractivity (Wildman–Crippen MR) is 139 cm³/mol. The summed E-state index contributed by atoms with van der Waals surface area (Å²) in [5.74, 6) is 5.97. The van der Waals surface area contributed by atoms with Gasteiger partial charge in [-0.2, -0.15) is 0 Å². The van der Waals surface area contributed by atoms with E-state index in [1.807, 2.05) is 42.8 Å². The molecule has 4 heterocycles. The Bertz CT molecular complexity index is 1810. The maximum Gasteiger partial charge on any atom is 0.260 e. The number of fused-ring (bicyclic) bond motifs is 2. The molecule has 1 atom stereocenters. The number of nitrogens with one attached hydrogen (secondary N) is 1. The zero-order valence-corrected chi connectivity index (χ0v) is 20.3. The molecule has 0 unspecified atom stereocenters. The lowest BCUT2D eigenvalue weighted by atomic mass is 10.0. The van der Waals surface area contributed by atoms with Crippen molar-refractivity contribution in [1.29, 1.82) is 0 Å². The number of anilines is 1. The first kappa shape index (κ1) is 22.5. The number of aromatic nitrogens is 6. The molecule has 0 radical (unpaired) electrons. The van der Waals surface area contributed by atoms with E-state index in [4.69, 9.17) is 5.73 Å². The average molecular weight is 493 g/mol. The smallest absolute Gasteiger partial charge is 0.260 e. The van der Waals surface area contributed by atoms with Crippen LogP contribution < -0.4 is 16.6 Å². The van der Waals surface area contributed by atoms with Crippen molar-refractivity contribution in [3.05, 3.63) is 88.1 Å². The van der Waals surface area contributed by atoms with Crippen LogP contribution in [0, 0.1) is 11.8 Å². The molecule has 1 aliphatic rings. The van der Waals surface area contributed by atoms with Crippen LogP contribution in [0.3, 0.4) is 0 Å². The van der Waals surface area contributed by atoms with Crippen LogP contribution in [0.5, 0.6) is 0 Å². The van der Waals surface area contributed by atoms with E-state index in [1.165, 1.54) is 4.52 Å². The number of benzene rings is 1. The Morgan fingerprint density at radius 3 is 2.84 bits per heavy atom. The molecule has 3 N–H and O–H groups in total. The number of rotatable bonds is 4. The van der Waals surface area contributed by atoms with Crippen molar-refractivity contribution in [3.8, 4) is 11.8 Å². The van der Waals surface area contributed by atoms with Gasteiger partial charge in [-0.25, -0.2) is 14.5 Å². The summed E-state index contributed by atoms with van der Waals surface area (Å²) < 4.78 is 5.11. The van der Waals surface area contributed by atoms with Crippen molar-refractivity contribution in [2.45, 2.75) is 31.8 Å². The van der Waals surface area contributed by atoms with E-state index >= 15 is 0 Å². The summed E-state index contributed by atoms with van der Waals surface area (Å²) in [7, 11) is 1.87. The summed E-state index contributed by atoms with van der Waals surface area (Å²) in [6.45, 7) is 1.86. The van der Waals surface area contributed by atoms with Crippen molar-refractivity contribution in [2.24, 2.45) is 7.05 Å². The van der Waals surface area contributed by atoms with Gasteiger partial charge in [0.15, 0.2) is 11.5 Å². The third-order valence-electron chi connectivity index (χ3n) is 6.61. The molecule has 37 heavy (non-hydrogen) atoms. The van der Waals surface area contributed by atoms with E-state index in [1.54, 1.807) is 35.6 Å². The predicted octanol–water partition coefficient (Wildman–Crippen LogP) is 2.59. The number of aryl methyl sites for hydroxylation is 1. The largest absolute Gasteiger partial charge is 0.381 e. The van der Waals surface area contributed by atoms with Gasteiger partial charge in [0.05, 0.1) is 24.0 Å². The fourth-order valence-electron chi connectivity index (χ4n) is 4.62. The molecule has 1 amide bonds. The molecule has 10 nitrogen and oxygen atoms in total. The number of nitrogens with zero attached hydrogens (tertiary/aromatic N) is 6. The molecule has 0 bridgehead atoms. The van der Waals surface area contributed by atoms with E-state index in [0.717, 1.165) is 29.6 Å². The topological polar surface area (TPSA) is 125 Å². The van der Waals surface area contributed by atoms with Crippen LogP contribution in [-0.2, 0) is 7.05 Å². The van der Waals surface area contributed by atoms with Crippen LogP contribution in [-0.4, -0.2) is 34.6 Å². The first-order valence-corrected chi connectivity index (χ1v) is 12.0. The standard InChI is InChI=1S/C27H24N8O2/c1-16(31-26(36)23-24(28)32-34-12-4-11-30-25(23)34)21-13-18-6-3-5-17(7-8-20-14-29-15-33(20)2)22(18)27(37)35(21)19-9-10-19/h3-6,11-16,19H,9-10H2,1-2H3,(H2,28,32)(H,31,36)/t16-/m1/s1. The van der Waals surface area contributed by atoms with Gasteiger partial charge in [-0.3, -0.25) is 9.59 Å². The Hall–Kier alpha value is -4.91. The molecule has 4 aromatic heterocycles. The van der Waals surface area contributed by atoms with Gasteiger partial charge in [0.1, 0.15) is 11.3 Å². The molecular formula is C27H24N8O2. The van der Waals surface area contributed by atoms with Crippen molar-refractivity contribution < 1.29 is 4.79 Å². The zero-order valence-electron chi connectivity index (χ0n) is 20.3. The minimum atomic E-state index is -0.465. The molecule has 6 rings (SSSR count). The van der Waals surface area contributed by atoms with Gasteiger partial charge in [0, 0.05) is 36.7 Å². The van der Waals surface area contributed by atoms with E-state index in [-0.39, 0.29) is 23.0 Å². The quantitative estimate of drug-likeness (QED) is 0.372. The lowest BCUT2D eigenvalue weighted by Gasteiger charge is -2.21. The van der Waals surface area contributed by atoms with Crippen LogP contribution in [0.2, 0.25) is 0 Å². The first-order chi connectivity index (χ1) is 17.9. The molecule has 1 aliphatic carbocycles. The second kappa shape index (κ2) is 8.64. The Kier molecular flexibility index (Phi) is 5.26. The number of pyridine rings is 1. The molecule has 1 fully saturated rings. The van der Waals surface area contributed by atoms with Crippen LogP contribution in [0.15, 0.2) is 60.0 Å². The lowest BCUT2D eigenvalue weighted by Crippen LogP contribution is -2.33. The third-order valence-corrected chi connectivity index (χ3v) is 6.61. The Morgan fingerprint density at radius 1 is 1.24 bits per heavy atom. The molecule has 0 spiro atoms. The van der Waals surface area contributed by atoms with Crippen LogP contribution in [0.4, 0.5) is 5.82 Å². The van der Waals surface area contributed by atoms with Crippen molar-refractivity contribution >= 4 is 28.1 Å². The highest BCUT2D eigenvalue weighted by Gasteiger charge is 2.30. The summed E-state index contributed by atoms with van der Waals surface area (Å²) in [4.78, 5) is 35.4. The van der Waals surface area contributed by atoms with Crippen LogP contribution in [0.1, 0.15) is 59.2 Å². The number of amides is 1. The van der Waals surface area contributed by atoms with E-state index in [0.29, 0.717) is 16.6 Å². The van der Waals surface area contributed by atoms with E-state index in [9.17, 15) is 9.59 Å². The van der Waals surface area contributed by atoms with Crippen molar-refractivity contribution in [1.82, 2.24) is 34.0 Å². The Labute approximate surface area is 211 Å². The van der Waals surface area contributed by atoms with Gasteiger partial charge >= 0.3 is 0 Å². The minimum Gasteiger partial charge on any atom is -0.381 e. The van der Waals surface area contributed by atoms with Crippen molar-refractivity contribution in [2.75, 3.05) is 5.73 Å². The fourth-order valence-corrected chi connectivity index (χ4v) is 4.62. The lowest BCUT2D eigenvalue weighted by molar-refractivity contribution is 0.0940. The summed E-state index contributed by atoms with van der Waals surface area (Å²) in [5.41, 5.74) is 8.66. The van der Waals surface area contributed by atoms with Crippen LogP contribution in [0.25, 0.3) is 16.4 Å². The number of nitrogens with two attached hydrogens (primary N) is 1. The monoisotopic (exact) mass is 492 g/mol. The second-order valence-corrected chi connectivity index (χ2v) is 9.23. The number of carbonyl (C=O) groups excluding carboxylic acids is 1. The molecule has 0 saturated heterocycles. The van der Waals surface area contributed by atoms with Gasteiger partial charge in [-0.05, 0) is 49.3 Å². The SMILES string of the molecule is C[C@@H](NC(=O)c1c(N)nn2cccnc12)c1cc2cccc(C#Cc3cncn3C)c2c(=O)n1C1CC1. The molecule has 0 aliphatic heterocycles. The van der Waals surface area contributed by atoms with E-state index in [2.05, 4.69) is 32.2 Å². The summed E-state index contributed by atoms with van der Waals surface area (Å²) in [6, 6.07) is 8.94. The maximum absolute atomic E-state index is 13.8. The molecule has 10 heteroatoms. The number of carbonyl (C=O) groups is 1. The number of imidazole rings is 1. The fraction of sp³-hybridized carbons (Fsp3) is 0.222. The summed E-state index contributed by atoms with van der Waals surface area (Å²) >= 11 is 0. The van der Waals surface area contributed by atoms with Gasteiger partial charge in [0.25, 0.3) is 11.5 Å². The molecule has 5 aromatic rings. The maximum atomic E-state index is 13.8. The van der Waals surface area contributed by atoms with Gasteiger partial charge in [-0.15, -0.1) is 5.10 Å². The highest BCUT2D eigenvalue weighted by atomic mass is 16.2. The highest BCUT2D eigenvalue weighted by molar-refractivity contribution is 6.04.